The number of nitrogens with zero attached hydrogens (tertiary/aromatic N) is 2. The summed E-state index contributed by atoms with van der Waals surface area (Å²) in [5.41, 5.74) is 0.654. The average molecular weight is 214 g/mol. The lowest BCUT2D eigenvalue weighted by Crippen LogP contribution is -1.93. The highest BCUT2D eigenvalue weighted by Gasteiger charge is 2.01. The molecule has 0 aliphatic rings. The van der Waals surface area contributed by atoms with Crippen LogP contribution in [0.4, 0.5) is 0 Å². The van der Waals surface area contributed by atoms with Crippen molar-refractivity contribution in [1.29, 1.82) is 0 Å². The fraction of sp³-hybridized carbons (Fsp3) is 0.0833. The van der Waals surface area contributed by atoms with E-state index in [1.807, 2.05) is 0 Å². The summed E-state index contributed by atoms with van der Waals surface area (Å²) < 4.78 is 5.38. The highest BCUT2D eigenvalue weighted by Crippen LogP contribution is 2.17. The molecule has 2 rings (SSSR count). The fourth-order valence-corrected chi connectivity index (χ4v) is 1.20. The Morgan fingerprint density at radius 2 is 1.75 bits per heavy atom. The van der Waals surface area contributed by atoms with Crippen LogP contribution in [0.25, 0.3) is 0 Å². The van der Waals surface area contributed by atoms with Crippen LogP contribution >= 0.6 is 0 Å². The maximum Gasteiger partial charge on any atom is 0.321 e. The van der Waals surface area contributed by atoms with E-state index in [-0.39, 0.29) is 11.8 Å². The summed E-state index contributed by atoms with van der Waals surface area (Å²) in [6.45, 7) is 1.52. The van der Waals surface area contributed by atoms with Gasteiger partial charge >= 0.3 is 6.01 Å². The van der Waals surface area contributed by atoms with E-state index in [0.29, 0.717) is 11.3 Å². The Balaban J connectivity index is 2.14. The maximum atomic E-state index is 11.0. The zero-order valence-corrected chi connectivity index (χ0v) is 8.75. The van der Waals surface area contributed by atoms with Crippen molar-refractivity contribution in [1.82, 2.24) is 9.97 Å². The Bertz CT molecular complexity index is 480. The molecule has 0 bridgehead atoms. The summed E-state index contributed by atoms with van der Waals surface area (Å²) >= 11 is 0. The third-order valence-electron chi connectivity index (χ3n) is 2.01. The van der Waals surface area contributed by atoms with E-state index >= 15 is 0 Å². The predicted molar refractivity (Wildman–Crippen MR) is 58.6 cm³/mol. The van der Waals surface area contributed by atoms with E-state index in [4.69, 9.17) is 4.74 Å². The second-order valence-electron chi connectivity index (χ2n) is 3.21. The lowest BCUT2D eigenvalue weighted by molar-refractivity contribution is 0.101. The minimum absolute atomic E-state index is 0.0301. The molecule has 0 saturated heterocycles. The molecular weight excluding hydrogens is 204 g/mol. The molecule has 1 aromatic carbocycles. The van der Waals surface area contributed by atoms with Gasteiger partial charge in [-0.05, 0) is 37.3 Å². The Labute approximate surface area is 92.9 Å². The number of carbonyl (C=O) groups excluding carboxylic acids is 1. The Morgan fingerprint density at radius 1 is 1.12 bits per heavy atom. The molecular formula is C12H10N2O2. The van der Waals surface area contributed by atoms with Gasteiger partial charge in [0.25, 0.3) is 0 Å². The number of ketones is 1. The molecule has 80 valence electrons. The summed E-state index contributed by atoms with van der Waals surface area (Å²) in [5, 5.41) is 0. The molecule has 0 unspecified atom stereocenters. The van der Waals surface area contributed by atoms with Crippen molar-refractivity contribution in [3.63, 3.8) is 0 Å². The van der Waals surface area contributed by atoms with Crippen LogP contribution in [0, 0.1) is 0 Å². The van der Waals surface area contributed by atoms with Gasteiger partial charge in [0.1, 0.15) is 5.75 Å². The molecule has 0 atom stereocenters. The number of hydrogen-bond acceptors (Lipinski definition) is 4. The topological polar surface area (TPSA) is 52.1 Å². The minimum atomic E-state index is 0.0301. The van der Waals surface area contributed by atoms with Crippen LogP contribution in [0.2, 0.25) is 0 Å². The average Bonchev–Trinajstić information content (AvgIpc) is 2.31. The first-order valence-electron chi connectivity index (χ1n) is 4.81. The van der Waals surface area contributed by atoms with Gasteiger partial charge in [0.15, 0.2) is 5.78 Å². The number of Topliss-reactive ketones (excluding diaryl/α,β-unsaturated/α-hetero) is 1. The van der Waals surface area contributed by atoms with Crippen molar-refractivity contribution in [3.8, 4) is 11.8 Å². The second-order valence-corrected chi connectivity index (χ2v) is 3.21. The third-order valence-corrected chi connectivity index (χ3v) is 2.01. The van der Waals surface area contributed by atoms with Gasteiger partial charge < -0.3 is 4.74 Å². The molecule has 16 heavy (non-hydrogen) atoms. The number of carbonyl (C=O) groups is 1. The van der Waals surface area contributed by atoms with E-state index in [9.17, 15) is 4.79 Å². The molecule has 0 radical (unpaired) electrons. The standard InChI is InChI=1S/C12H10N2O2/c1-9(15)10-3-5-11(6-4-10)16-12-13-7-2-8-14-12/h2-8H,1H3. The highest BCUT2D eigenvalue weighted by molar-refractivity contribution is 5.94. The number of rotatable bonds is 3. The van der Waals surface area contributed by atoms with Gasteiger partial charge in [0, 0.05) is 18.0 Å². The molecule has 1 heterocycles. The van der Waals surface area contributed by atoms with Gasteiger partial charge in [-0.25, -0.2) is 9.97 Å². The van der Waals surface area contributed by atoms with Gasteiger partial charge in [-0.2, -0.15) is 0 Å². The van der Waals surface area contributed by atoms with Crippen LogP contribution in [0.3, 0.4) is 0 Å². The second kappa shape index (κ2) is 4.53. The van der Waals surface area contributed by atoms with Crippen LogP contribution in [0.5, 0.6) is 11.8 Å². The lowest BCUT2D eigenvalue weighted by atomic mass is 10.1. The maximum absolute atomic E-state index is 11.0. The van der Waals surface area contributed by atoms with Crippen LogP contribution in [0.15, 0.2) is 42.7 Å². The van der Waals surface area contributed by atoms with E-state index in [2.05, 4.69) is 9.97 Å². The molecule has 1 aromatic heterocycles. The fourth-order valence-electron chi connectivity index (χ4n) is 1.20. The summed E-state index contributed by atoms with van der Waals surface area (Å²) in [6, 6.07) is 8.85. The number of benzene rings is 1. The van der Waals surface area contributed by atoms with Crippen molar-refractivity contribution in [2.24, 2.45) is 0 Å². The molecule has 0 spiro atoms. The number of hydrogen-bond donors (Lipinski definition) is 0. The third kappa shape index (κ3) is 2.42. The summed E-state index contributed by atoms with van der Waals surface area (Å²) in [5.74, 6) is 0.638. The van der Waals surface area contributed by atoms with Crippen LogP contribution in [-0.4, -0.2) is 15.8 Å². The number of aromatic nitrogens is 2. The van der Waals surface area contributed by atoms with Crippen molar-refractivity contribution in [3.05, 3.63) is 48.3 Å². The van der Waals surface area contributed by atoms with Crippen molar-refractivity contribution in [2.75, 3.05) is 0 Å². The molecule has 2 aromatic rings. The smallest absolute Gasteiger partial charge is 0.321 e. The Hall–Kier alpha value is -2.23. The van der Waals surface area contributed by atoms with Gasteiger partial charge in [-0.1, -0.05) is 0 Å². The minimum Gasteiger partial charge on any atom is -0.424 e. The highest BCUT2D eigenvalue weighted by atomic mass is 16.5. The molecule has 0 saturated carbocycles. The first-order chi connectivity index (χ1) is 7.75. The molecule has 4 nitrogen and oxygen atoms in total. The normalized spacial score (nSPS) is 9.81. The van der Waals surface area contributed by atoms with E-state index in [1.165, 1.54) is 6.92 Å². The largest absolute Gasteiger partial charge is 0.424 e. The quantitative estimate of drug-likeness (QED) is 0.736. The Morgan fingerprint density at radius 3 is 2.31 bits per heavy atom. The first kappa shape index (κ1) is 10.3. The van der Waals surface area contributed by atoms with Crippen LogP contribution < -0.4 is 4.74 Å². The molecule has 0 aliphatic carbocycles. The van der Waals surface area contributed by atoms with Crippen molar-refractivity contribution in [2.45, 2.75) is 6.92 Å². The van der Waals surface area contributed by atoms with Gasteiger partial charge in [-0.15, -0.1) is 0 Å². The molecule has 0 amide bonds. The summed E-state index contributed by atoms with van der Waals surface area (Å²) in [4.78, 5) is 18.9. The van der Waals surface area contributed by atoms with Crippen LogP contribution in [0.1, 0.15) is 17.3 Å². The Kier molecular flexibility index (Phi) is 2.91. The van der Waals surface area contributed by atoms with E-state index in [1.54, 1.807) is 42.7 Å². The molecule has 4 heteroatoms. The lowest BCUT2D eigenvalue weighted by Gasteiger charge is -2.03. The van der Waals surface area contributed by atoms with Crippen molar-refractivity contribution < 1.29 is 9.53 Å². The van der Waals surface area contributed by atoms with Crippen LogP contribution in [-0.2, 0) is 0 Å². The van der Waals surface area contributed by atoms with E-state index < -0.39 is 0 Å². The molecule has 0 fully saturated rings. The molecule has 0 N–H and O–H groups in total. The zero-order chi connectivity index (χ0) is 11.4. The van der Waals surface area contributed by atoms with Gasteiger partial charge in [0.05, 0.1) is 0 Å². The number of ether oxygens (including phenoxy) is 1. The summed E-state index contributed by atoms with van der Waals surface area (Å²) in [7, 11) is 0. The summed E-state index contributed by atoms with van der Waals surface area (Å²) in [6.07, 6.45) is 3.21. The van der Waals surface area contributed by atoms with Gasteiger partial charge in [0.2, 0.25) is 0 Å². The SMILES string of the molecule is CC(=O)c1ccc(Oc2ncccn2)cc1. The van der Waals surface area contributed by atoms with Crippen molar-refractivity contribution >= 4 is 5.78 Å². The predicted octanol–water partition coefficient (Wildman–Crippen LogP) is 2.47. The monoisotopic (exact) mass is 214 g/mol. The van der Waals surface area contributed by atoms with E-state index in [0.717, 1.165) is 0 Å². The zero-order valence-electron chi connectivity index (χ0n) is 8.75. The first-order valence-corrected chi connectivity index (χ1v) is 4.81. The van der Waals surface area contributed by atoms with Gasteiger partial charge in [-0.3, -0.25) is 4.79 Å². The molecule has 0 aliphatic heterocycles.